The fourth-order valence-electron chi connectivity index (χ4n) is 4.65. The number of fused-ring (bicyclic) bond motifs is 1. The molecule has 1 aliphatic heterocycles. The van der Waals surface area contributed by atoms with Crippen LogP contribution in [0.15, 0.2) is 70.1 Å². The zero-order chi connectivity index (χ0) is 28.1. The van der Waals surface area contributed by atoms with Gasteiger partial charge >= 0.3 is 5.97 Å². The van der Waals surface area contributed by atoms with Crippen molar-refractivity contribution < 1.29 is 19.0 Å². The second kappa shape index (κ2) is 12.3. The van der Waals surface area contributed by atoms with Crippen molar-refractivity contribution in [3.05, 3.63) is 102 Å². The average molecular weight is 547 g/mol. The molecule has 0 aliphatic carbocycles. The zero-order valence-corrected chi connectivity index (χ0v) is 23.9. The number of ether oxygens (including phenoxy) is 3. The third kappa shape index (κ3) is 5.76. The van der Waals surface area contributed by atoms with Crippen LogP contribution in [-0.2, 0) is 16.0 Å². The lowest BCUT2D eigenvalue weighted by molar-refractivity contribution is -0.139. The fourth-order valence-corrected chi connectivity index (χ4v) is 5.70. The van der Waals surface area contributed by atoms with E-state index in [9.17, 15) is 9.59 Å². The van der Waals surface area contributed by atoms with E-state index < -0.39 is 12.0 Å². The number of carbonyl (C=O) groups excluding carboxylic acids is 1. The second-order valence-corrected chi connectivity index (χ2v) is 10.1. The van der Waals surface area contributed by atoms with Gasteiger partial charge in [0.1, 0.15) is 0 Å². The van der Waals surface area contributed by atoms with Crippen LogP contribution in [0.3, 0.4) is 0 Å². The van der Waals surface area contributed by atoms with Crippen LogP contribution < -0.4 is 24.4 Å². The van der Waals surface area contributed by atoms with Crippen LogP contribution in [0.5, 0.6) is 11.5 Å². The molecule has 0 saturated heterocycles. The van der Waals surface area contributed by atoms with E-state index in [4.69, 9.17) is 14.2 Å². The van der Waals surface area contributed by atoms with Gasteiger partial charge in [0.2, 0.25) is 0 Å². The molecular weight excluding hydrogens is 512 g/mol. The lowest BCUT2D eigenvalue weighted by Crippen LogP contribution is -2.39. The zero-order valence-electron chi connectivity index (χ0n) is 23.1. The summed E-state index contributed by atoms with van der Waals surface area (Å²) in [6.45, 7) is 14.5. The molecule has 204 valence electrons. The first kappa shape index (κ1) is 28.1. The van der Waals surface area contributed by atoms with Crippen LogP contribution in [0, 0.1) is 6.92 Å². The van der Waals surface area contributed by atoms with E-state index in [1.807, 2.05) is 69.3 Å². The third-order valence-corrected chi connectivity index (χ3v) is 7.30. The monoisotopic (exact) mass is 546 g/mol. The molecule has 2 heterocycles. The van der Waals surface area contributed by atoms with Crippen molar-refractivity contribution >= 4 is 23.4 Å². The fraction of sp³-hybridized carbons (Fsp3) is 0.323. The standard InChI is InChI=1S/C31H34N2O5S/c1-7-11-23-16-21(17-24(36-8-2)28(23)37-9-3)18-25-29(34)33-27(22-14-12-19(5)13-15-22)26(30(35)38-10-4)20(6)32-31(33)39-25/h7,12-18,27H,1,8-11H2,2-6H3/b25-18+/t27-/m0/s1. The molecule has 2 aromatic carbocycles. The van der Waals surface area contributed by atoms with Crippen molar-refractivity contribution in [2.45, 2.75) is 47.1 Å². The maximum Gasteiger partial charge on any atom is 0.338 e. The smallest absolute Gasteiger partial charge is 0.338 e. The highest BCUT2D eigenvalue weighted by atomic mass is 32.1. The van der Waals surface area contributed by atoms with Crippen molar-refractivity contribution in [2.75, 3.05) is 19.8 Å². The molecule has 3 aromatic rings. The molecule has 1 aromatic heterocycles. The summed E-state index contributed by atoms with van der Waals surface area (Å²) < 4.78 is 19.3. The molecule has 7 nitrogen and oxygen atoms in total. The Kier molecular flexibility index (Phi) is 8.86. The minimum absolute atomic E-state index is 0.226. The lowest BCUT2D eigenvalue weighted by Gasteiger charge is -2.24. The quantitative estimate of drug-likeness (QED) is 0.274. The molecule has 0 amide bonds. The first-order valence-electron chi connectivity index (χ1n) is 13.1. The molecule has 1 atom stereocenters. The summed E-state index contributed by atoms with van der Waals surface area (Å²) in [5.74, 6) is 0.836. The Morgan fingerprint density at radius 1 is 1.08 bits per heavy atom. The number of benzene rings is 2. The Labute approximate surface area is 232 Å². The van der Waals surface area contributed by atoms with Crippen molar-refractivity contribution in [1.29, 1.82) is 0 Å². The Hall–Kier alpha value is -3.91. The van der Waals surface area contributed by atoms with Gasteiger partial charge in [0, 0.05) is 5.56 Å². The van der Waals surface area contributed by atoms with E-state index in [0.29, 0.717) is 51.7 Å². The maximum atomic E-state index is 13.9. The summed E-state index contributed by atoms with van der Waals surface area (Å²) in [5, 5.41) is 0. The minimum Gasteiger partial charge on any atom is -0.490 e. The Morgan fingerprint density at radius 3 is 2.44 bits per heavy atom. The van der Waals surface area contributed by atoms with Crippen molar-refractivity contribution in [3.8, 4) is 11.5 Å². The highest BCUT2D eigenvalue weighted by Gasteiger charge is 2.33. The number of allylic oxidation sites excluding steroid dienone is 2. The summed E-state index contributed by atoms with van der Waals surface area (Å²) >= 11 is 1.29. The molecule has 0 bridgehead atoms. The van der Waals surface area contributed by atoms with Crippen molar-refractivity contribution in [2.24, 2.45) is 4.99 Å². The van der Waals surface area contributed by atoms with E-state index in [1.54, 1.807) is 18.4 Å². The van der Waals surface area contributed by atoms with Crippen LogP contribution in [0.2, 0.25) is 0 Å². The number of aryl methyl sites for hydroxylation is 1. The molecule has 0 unspecified atom stereocenters. The number of aromatic nitrogens is 1. The molecule has 0 saturated carbocycles. The number of rotatable bonds is 10. The summed E-state index contributed by atoms with van der Waals surface area (Å²) in [6.07, 6.45) is 4.24. The largest absolute Gasteiger partial charge is 0.490 e. The molecule has 0 N–H and O–H groups in total. The van der Waals surface area contributed by atoms with Crippen LogP contribution in [0.1, 0.15) is 56.0 Å². The molecule has 0 spiro atoms. The number of esters is 1. The highest BCUT2D eigenvalue weighted by Crippen LogP contribution is 2.34. The van der Waals surface area contributed by atoms with E-state index in [0.717, 1.165) is 22.3 Å². The lowest BCUT2D eigenvalue weighted by atomic mass is 9.95. The number of hydrogen-bond acceptors (Lipinski definition) is 7. The number of nitrogens with zero attached hydrogens (tertiary/aromatic N) is 2. The average Bonchev–Trinajstić information content (AvgIpc) is 3.20. The SMILES string of the molecule is C=CCc1cc(/C=c2/sc3n(c2=O)[C@@H](c2ccc(C)cc2)C(C(=O)OCC)=C(C)N=3)cc(OCC)c1OCC. The molecule has 4 rings (SSSR count). The van der Waals surface area contributed by atoms with Crippen LogP contribution in [0.25, 0.3) is 6.08 Å². The summed E-state index contributed by atoms with van der Waals surface area (Å²) in [7, 11) is 0. The molecule has 39 heavy (non-hydrogen) atoms. The van der Waals surface area contributed by atoms with Gasteiger partial charge in [-0.2, -0.15) is 0 Å². The summed E-state index contributed by atoms with van der Waals surface area (Å²) in [6, 6.07) is 11.1. The Bertz CT molecular complexity index is 1600. The molecular formula is C31H34N2O5S. The molecule has 0 fully saturated rings. The molecule has 0 radical (unpaired) electrons. The van der Waals surface area contributed by atoms with Crippen LogP contribution in [0.4, 0.5) is 0 Å². The minimum atomic E-state index is -0.640. The molecule has 1 aliphatic rings. The van der Waals surface area contributed by atoms with Gasteiger partial charge in [-0.25, -0.2) is 9.79 Å². The van der Waals surface area contributed by atoms with E-state index >= 15 is 0 Å². The van der Waals surface area contributed by atoms with E-state index in [-0.39, 0.29) is 12.2 Å². The van der Waals surface area contributed by atoms with Gasteiger partial charge < -0.3 is 14.2 Å². The van der Waals surface area contributed by atoms with Gasteiger partial charge in [0.15, 0.2) is 16.3 Å². The maximum absolute atomic E-state index is 13.9. The normalized spacial score (nSPS) is 15.0. The summed E-state index contributed by atoms with van der Waals surface area (Å²) in [5.41, 5.74) is 4.31. The number of hydrogen-bond donors (Lipinski definition) is 0. The Morgan fingerprint density at radius 2 is 1.79 bits per heavy atom. The van der Waals surface area contributed by atoms with E-state index in [2.05, 4.69) is 11.6 Å². The number of carbonyl (C=O) groups is 1. The summed E-state index contributed by atoms with van der Waals surface area (Å²) in [4.78, 5) is 32.2. The second-order valence-electron chi connectivity index (χ2n) is 9.08. The van der Waals surface area contributed by atoms with Gasteiger partial charge in [-0.3, -0.25) is 9.36 Å². The highest BCUT2D eigenvalue weighted by molar-refractivity contribution is 7.07. The van der Waals surface area contributed by atoms with Gasteiger partial charge in [0.25, 0.3) is 5.56 Å². The van der Waals surface area contributed by atoms with Crippen LogP contribution in [-0.4, -0.2) is 30.4 Å². The van der Waals surface area contributed by atoms with Crippen molar-refractivity contribution in [1.82, 2.24) is 4.57 Å². The molecule has 8 heteroatoms. The van der Waals surface area contributed by atoms with Gasteiger partial charge in [-0.05, 0) is 70.4 Å². The van der Waals surface area contributed by atoms with Crippen LogP contribution >= 0.6 is 11.3 Å². The number of thiazole rings is 1. The van der Waals surface area contributed by atoms with Crippen molar-refractivity contribution in [3.63, 3.8) is 0 Å². The van der Waals surface area contributed by atoms with E-state index in [1.165, 1.54) is 11.3 Å². The van der Waals surface area contributed by atoms with Gasteiger partial charge in [0.05, 0.1) is 41.7 Å². The first-order valence-corrected chi connectivity index (χ1v) is 13.9. The first-order chi connectivity index (χ1) is 18.8. The topological polar surface area (TPSA) is 79.1 Å². The third-order valence-electron chi connectivity index (χ3n) is 6.31. The van der Waals surface area contributed by atoms with Gasteiger partial charge in [-0.15, -0.1) is 6.58 Å². The predicted molar refractivity (Wildman–Crippen MR) is 154 cm³/mol. The Balaban J connectivity index is 1.93. The predicted octanol–water partition coefficient (Wildman–Crippen LogP) is 4.63. The van der Waals surface area contributed by atoms with Gasteiger partial charge in [-0.1, -0.05) is 47.2 Å².